The summed E-state index contributed by atoms with van der Waals surface area (Å²) in [5.41, 5.74) is 1.79. The van der Waals surface area contributed by atoms with E-state index in [1.807, 2.05) is 0 Å². The van der Waals surface area contributed by atoms with Gasteiger partial charge in [-0.25, -0.2) is 9.59 Å². The van der Waals surface area contributed by atoms with E-state index in [9.17, 15) is 19.5 Å². The number of hydrogen-bond donors (Lipinski definition) is 3. The average Bonchev–Trinajstić information content (AvgIpc) is 3.35. The van der Waals surface area contributed by atoms with Crippen molar-refractivity contribution in [2.45, 2.75) is 76.8 Å². The van der Waals surface area contributed by atoms with Crippen LogP contribution in [0.5, 0.6) is 5.75 Å². The summed E-state index contributed by atoms with van der Waals surface area (Å²) in [6.07, 6.45) is 6.20. The van der Waals surface area contributed by atoms with Crippen LogP contribution in [-0.4, -0.2) is 48.6 Å². The summed E-state index contributed by atoms with van der Waals surface area (Å²) in [5, 5.41) is 13.6. The first-order valence-electron chi connectivity index (χ1n) is 12.9. The molecule has 11 heteroatoms. The summed E-state index contributed by atoms with van der Waals surface area (Å²) in [4.78, 5) is 42.2. The Morgan fingerprint density at radius 1 is 1.28 bits per heavy atom. The van der Waals surface area contributed by atoms with Crippen molar-refractivity contribution in [3.8, 4) is 18.1 Å². The van der Waals surface area contributed by atoms with Crippen LogP contribution < -0.4 is 16.4 Å². The van der Waals surface area contributed by atoms with Crippen LogP contribution in [0, 0.1) is 25.2 Å². The second-order valence-electron chi connectivity index (χ2n) is 10.2. The molecule has 1 aromatic heterocycles. The molecule has 1 aromatic carbocycles. The van der Waals surface area contributed by atoms with Crippen LogP contribution in [-0.2, 0) is 23.8 Å². The Kier molecular flexibility index (Phi) is 8.49. The SMILES string of the molecule is C#CCONC(=O)OC1CC(c2ccc3c(O)c(NC(=O)C(C)C)c(=O)oc3c2C)OC2(CCCC2)C1OC. The van der Waals surface area contributed by atoms with Gasteiger partial charge in [0, 0.05) is 19.4 Å². The lowest BCUT2D eigenvalue weighted by atomic mass is 9.82. The van der Waals surface area contributed by atoms with Crippen molar-refractivity contribution in [3.63, 3.8) is 0 Å². The first-order chi connectivity index (χ1) is 18.6. The number of amides is 2. The van der Waals surface area contributed by atoms with Crippen molar-refractivity contribution in [2.24, 2.45) is 5.92 Å². The monoisotopic (exact) mass is 542 g/mol. The average molecular weight is 543 g/mol. The highest BCUT2D eigenvalue weighted by Crippen LogP contribution is 2.49. The van der Waals surface area contributed by atoms with E-state index >= 15 is 0 Å². The number of aromatic hydroxyl groups is 1. The lowest BCUT2D eigenvalue weighted by Gasteiger charge is -2.48. The first-order valence-corrected chi connectivity index (χ1v) is 12.9. The molecule has 3 unspecified atom stereocenters. The number of fused-ring (bicyclic) bond motifs is 1. The molecule has 2 aromatic rings. The molecule has 39 heavy (non-hydrogen) atoms. The van der Waals surface area contributed by atoms with Gasteiger partial charge in [-0.1, -0.05) is 38.7 Å². The van der Waals surface area contributed by atoms with Crippen LogP contribution in [0.2, 0.25) is 0 Å². The van der Waals surface area contributed by atoms with Gasteiger partial charge in [0.2, 0.25) is 5.91 Å². The molecule has 1 saturated carbocycles. The maximum absolute atomic E-state index is 12.7. The maximum atomic E-state index is 12.7. The molecule has 3 atom stereocenters. The minimum atomic E-state index is -0.865. The third-order valence-electron chi connectivity index (χ3n) is 7.41. The van der Waals surface area contributed by atoms with E-state index in [2.05, 4.69) is 16.7 Å². The zero-order valence-electron chi connectivity index (χ0n) is 22.5. The zero-order valence-corrected chi connectivity index (χ0v) is 22.5. The summed E-state index contributed by atoms with van der Waals surface area (Å²) >= 11 is 0. The lowest BCUT2D eigenvalue weighted by Crippen LogP contribution is -2.57. The Morgan fingerprint density at radius 2 is 2.00 bits per heavy atom. The smallest absolute Gasteiger partial charge is 0.431 e. The number of carbonyl (C=O) groups is 2. The third-order valence-corrected chi connectivity index (χ3v) is 7.41. The Bertz CT molecular complexity index is 1340. The van der Waals surface area contributed by atoms with Crippen molar-refractivity contribution < 1.29 is 38.2 Å². The molecule has 2 fully saturated rings. The second-order valence-corrected chi connectivity index (χ2v) is 10.2. The highest BCUT2D eigenvalue weighted by molar-refractivity contribution is 5.98. The van der Waals surface area contributed by atoms with E-state index in [0.717, 1.165) is 25.7 Å². The molecule has 0 radical (unpaired) electrons. The number of nitrogens with one attached hydrogen (secondary N) is 2. The van der Waals surface area contributed by atoms with Gasteiger partial charge >= 0.3 is 11.7 Å². The zero-order chi connectivity index (χ0) is 28.3. The van der Waals surface area contributed by atoms with Crippen molar-refractivity contribution in [3.05, 3.63) is 33.7 Å². The molecule has 0 bridgehead atoms. The van der Waals surface area contributed by atoms with Gasteiger partial charge in [0.15, 0.2) is 11.4 Å². The molecule has 1 aliphatic carbocycles. The quantitative estimate of drug-likeness (QED) is 0.205. The molecule has 2 heterocycles. The second kappa shape index (κ2) is 11.7. The highest BCUT2D eigenvalue weighted by Gasteiger charge is 2.53. The predicted molar refractivity (Wildman–Crippen MR) is 141 cm³/mol. The van der Waals surface area contributed by atoms with Crippen LogP contribution in [0.25, 0.3) is 11.0 Å². The van der Waals surface area contributed by atoms with E-state index in [4.69, 9.17) is 29.9 Å². The molecule has 2 amide bonds. The van der Waals surface area contributed by atoms with E-state index in [0.29, 0.717) is 11.1 Å². The molecule has 1 aliphatic heterocycles. The Balaban J connectivity index is 1.70. The van der Waals surface area contributed by atoms with Crippen molar-refractivity contribution in [1.82, 2.24) is 5.48 Å². The number of hydrogen-bond acceptors (Lipinski definition) is 9. The summed E-state index contributed by atoms with van der Waals surface area (Å²) in [7, 11) is 1.56. The largest absolute Gasteiger partial charge is 0.505 e. The van der Waals surface area contributed by atoms with Crippen LogP contribution in [0.1, 0.15) is 63.2 Å². The van der Waals surface area contributed by atoms with Gasteiger partial charge in [-0.05, 0) is 37.0 Å². The number of terminal acetylenes is 1. The number of anilines is 1. The Hall–Kier alpha value is -3.59. The number of carbonyl (C=O) groups excluding carboxylic acids is 2. The first kappa shape index (κ1) is 28.4. The van der Waals surface area contributed by atoms with Gasteiger partial charge in [-0.15, -0.1) is 6.42 Å². The summed E-state index contributed by atoms with van der Waals surface area (Å²) in [6, 6.07) is 3.39. The van der Waals surface area contributed by atoms with E-state index < -0.39 is 47.5 Å². The highest BCUT2D eigenvalue weighted by atomic mass is 16.7. The van der Waals surface area contributed by atoms with Gasteiger partial charge in [-0.3, -0.25) is 9.63 Å². The van der Waals surface area contributed by atoms with Crippen molar-refractivity contribution in [2.75, 3.05) is 19.0 Å². The van der Waals surface area contributed by atoms with E-state index in [-0.39, 0.29) is 35.4 Å². The summed E-state index contributed by atoms with van der Waals surface area (Å²) < 4.78 is 23.8. The molecule has 3 N–H and O–H groups in total. The standard InChI is InChI=1S/C28H34N2O9/c1-6-13-36-30-27(34)37-20-14-19(39-28(24(20)35-5)11-7-8-12-28)17-9-10-18-22(31)21(29-25(32)15(2)3)26(33)38-23(18)16(17)4/h1,9-10,15,19-20,24,31H,7-8,11-14H2,2-5H3,(H,29,32)(H,30,34). The van der Waals surface area contributed by atoms with Crippen LogP contribution in [0.4, 0.5) is 10.5 Å². The van der Waals surface area contributed by atoms with Gasteiger partial charge in [0.25, 0.3) is 0 Å². The number of ether oxygens (including phenoxy) is 3. The molecular formula is C28H34N2O9. The summed E-state index contributed by atoms with van der Waals surface area (Å²) in [6.45, 7) is 4.99. The predicted octanol–water partition coefficient (Wildman–Crippen LogP) is 3.85. The maximum Gasteiger partial charge on any atom is 0.431 e. The molecular weight excluding hydrogens is 508 g/mol. The fourth-order valence-corrected chi connectivity index (χ4v) is 5.54. The lowest BCUT2D eigenvalue weighted by molar-refractivity contribution is -0.235. The van der Waals surface area contributed by atoms with Crippen molar-refractivity contribution >= 4 is 28.7 Å². The minimum Gasteiger partial charge on any atom is -0.505 e. The molecule has 11 nitrogen and oxygen atoms in total. The van der Waals surface area contributed by atoms with Crippen LogP contribution in [0.3, 0.4) is 0 Å². The van der Waals surface area contributed by atoms with E-state index in [1.165, 1.54) is 0 Å². The minimum absolute atomic E-state index is 0.111. The van der Waals surface area contributed by atoms with Crippen LogP contribution >= 0.6 is 0 Å². The number of methoxy groups -OCH3 is 1. The molecule has 210 valence electrons. The fourth-order valence-electron chi connectivity index (χ4n) is 5.54. The topological polar surface area (TPSA) is 146 Å². The number of hydroxylamine groups is 1. The van der Waals surface area contributed by atoms with Crippen molar-refractivity contribution in [1.29, 1.82) is 0 Å². The number of benzene rings is 1. The van der Waals surface area contributed by atoms with Gasteiger partial charge in [0.05, 0.1) is 17.1 Å². The van der Waals surface area contributed by atoms with Gasteiger partial charge < -0.3 is 29.1 Å². The Labute approximate surface area is 226 Å². The Morgan fingerprint density at radius 3 is 2.64 bits per heavy atom. The van der Waals surface area contributed by atoms with Crippen LogP contribution in [0.15, 0.2) is 21.3 Å². The van der Waals surface area contributed by atoms with Gasteiger partial charge in [-0.2, -0.15) is 5.48 Å². The molecule has 2 aliphatic rings. The fraction of sp³-hybridized carbons (Fsp3) is 0.536. The number of aryl methyl sites for hydroxylation is 1. The third kappa shape index (κ3) is 5.59. The van der Waals surface area contributed by atoms with E-state index in [1.54, 1.807) is 40.0 Å². The van der Waals surface area contributed by atoms with Gasteiger partial charge in [0.1, 0.15) is 24.4 Å². The summed E-state index contributed by atoms with van der Waals surface area (Å²) in [5.74, 6) is 1.07. The molecule has 4 rings (SSSR count). The molecule has 1 spiro atoms. The number of rotatable bonds is 7. The molecule has 1 saturated heterocycles. The normalized spacial score (nSPS) is 22.1.